The highest BCUT2D eigenvalue weighted by molar-refractivity contribution is 5.93. The molecule has 6 heteroatoms. The van der Waals surface area contributed by atoms with E-state index in [-0.39, 0.29) is 12.5 Å². The average molecular weight is 421 g/mol. The number of rotatable bonds is 5. The smallest absolute Gasteiger partial charge is 0.335 e. The van der Waals surface area contributed by atoms with Crippen LogP contribution in [0.25, 0.3) is 11.1 Å². The zero-order valence-electron chi connectivity index (χ0n) is 17.9. The van der Waals surface area contributed by atoms with Gasteiger partial charge >= 0.3 is 17.8 Å². The fourth-order valence-corrected chi connectivity index (χ4v) is 3.91. The minimum Gasteiger partial charge on any atom is -0.405 e. The summed E-state index contributed by atoms with van der Waals surface area (Å²) in [4.78, 5) is 25.6. The average Bonchev–Trinajstić information content (AvgIpc) is 2.93. The molecule has 0 amide bonds. The van der Waals surface area contributed by atoms with Crippen molar-refractivity contribution >= 4 is 11.9 Å². The predicted molar refractivity (Wildman–Crippen MR) is 116 cm³/mol. The standard InChI is InChI=1S/C25H27NO5/c1-3-18-4-8-20(9-5-18)21-10-6-19(7-11-21)17-29-22-14-15-26(2)25(16-22)30-23(27)12-13-24(28)31-25/h4-13,22H,3,14-17H2,1-2H3. The van der Waals surface area contributed by atoms with Crippen LogP contribution in [0.1, 0.15) is 30.9 Å². The first-order valence-electron chi connectivity index (χ1n) is 10.6. The molecule has 0 radical (unpaired) electrons. The molecule has 0 bridgehead atoms. The molecule has 162 valence electrons. The Bertz CT molecular complexity index is 944. The lowest BCUT2D eigenvalue weighted by atomic mass is 10.0. The van der Waals surface area contributed by atoms with Crippen molar-refractivity contribution in [3.05, 3.63) is 71.8 Å². The minimum absolute atomic E-state index is 0.198. The Labute approximate surface area is 182 Å². The van der Waals surface area contributed by atoms with Gasteiger partial charge in [-0.05, 0) is 42.1 Å². The fraction of sp³-hybridized carbons (Fsp3) is 0.360. The molecule has 1 spiro atoms. The van der Waals surface area contributed by atoms with Gasteiger partial charge in [0.25, 0.3) is 0 Å². The van der Waals surface area contributed by atoms with Gasteiger partial charge in [-0.25, -0.2) is 14.5 Å². The van der Waals surface area contributed by atoms with Crippen LogP contribution in [-0.4, -0.2) is 42.4 Å². The van der Waals surface area contributed by atoms with Crippen LogP contribution in [0.2, 0.25) is 0 Å². The summed E-state index contributed by atoms with van der Waals surface area (Å²) in [5.74, 6) is -2.61. The Kier molecular flexibility index (Phi) is 6.20. The lowest BCUT2D eigenvalue weighted by Gasteiger charge is -2.44. The normalized spacial score (nSPS) is 20.9. The summed E-state index contributed by atoms with van der Waals surface area (Å²) < 4.78 is 17.0. The summed E-state index contributed by atoms with van der Waals surface area (Å²) in [7, 11) is 1.77. The highest BCUT2D eigenvalue weighted by Gasteiger charge is 2.48. The molecule has 1 unspecified atom stereocenters. The van der Waals surface area contributed by atoms with Gasteiger partial charge in [-0.2, -0.15) is 0 Å². The van der Waals surface area contributed by atoms with Crippen LogP contribution in [0.4, 0.5) is 0 Å². The second kappa shape index (κ2) is 9.04. The Hall–Kier alpha value is -2.96. The van der Waals surface area contributed by atoms with Crippen molar-refractivity contribution in [1.29, 1.82) is 0 Å². The van der Waals surface area contributed by atoms with Crippen LogP contribution in [0.15, 0.2) is 60.7 Å². The van der Waals surface area contributed by atoms with Gasteiger partial charge in [-0.3, -0.25) is 0 Å². The SMILES string of the molecule is CCc1ccc(-c2ccc(COC3CCN(C)C4(C3)OC(=O)C=CC(=O)O4)cc2)cc1. The van der Waals surface area contributed by atoms with Gasteiger partial charge in [-0.1, -0.05) is 55.5 Å². The number of nitrogens with zero attached hydrogens (tertiary/aromatic N) is 1. The van der Waals surface area contributed by atoms with E-state index >= 15 is 0 Å². The summed E-state index contributed by atoms with van der Waals surface area (Å²) in [6.07, 6.45) is 4.03. The van der Waals surface area contributed by atoms with Crippen LogP contribution in [0, 0.1) is 0 Å². The van der Waals surface area contributed by atoms with Crippen LogP contribution in [0.5, 0.6) is 0 Å². The number of esters is 2. The number of piperidine rings is 1. The molecule has 2 heterocycles. The number of benzene rings is 2. The van der Waals surface area contributed by atoms with E-state index < -0.39 is 17.8 Å². The third-order valence-corrected chi connectivity index (χ3v) is 5.86. The van der Waals surface area contributed by atoms with Crippen molar-refractivity contribution < 1.29 is 23.8 Å². The molecule has 1 atom stereocenters. The molecule has 6 nitrogen and oxygen atoms in total. The quantitative estimate of drug-likeness (QED) is 0.684. The lowest BCUT2D eigenvalue weighted by molar-refractivity contribution is -0.300. The summed E-state index contributed by atoms with van der Waals surface area (Å²) in [6, 6.07) is 16.9. The van der Waals surface area contributed by atoms with Crippen LogP contribution in [-0.2, 0) is 36.8 Å². The summed E-state index contributed by atoms with van der Waals surface area (Å²) in [6.45, 7) is 3.16. The second-order valence-electron chi connectivity index (χ2n) is 7.98. The number of likely N-dealkylation sites (tertiary alicyclic amines) is 1. The maximum absolute atomic E-state index is 11.9. The van der Waals surface area contributed by atoms with E-state index in [1.54, 1.807) is 11.9 Å². The number of carbonyl (C=O) groups excluding carboxylic acids is 2. The third-order valence-electron chi connectivity index (χ3n) is 5.86. The van der Waals surface area contributed by atoms with E-state index in [1.807, 2.05) is 0 Å². The summed E-state index contributed by atoms with van der Waals surface area (Å²) >= 11 is 0. The van der Waals surface area contributed by atoms with Crippen LogP contribution < -0.4 is 0 Å². The van der Waals surface area contributed by atoms with Gasteiger partial charge in [-0.15, -0.1) is 0 Å². The number of ether oxygens (including phenoxy) is 3. The van der Waals surface area contributed by atoms with Gasteiger partial charge in [0.1, 0.15) is 0 Å². The van der Waals surface area contributed by atoms with Crippen LogP contribution >= 0.6 is 0 Å². The first-order chi connectivity index (χ1) is 15.0. The van der Waals surface area contributed by atoms with Crippen LogP contribution in [0.3, 0.4) is 0 Å². The Morgan fingerprint density at radius 1 is 0.935 bits per heavy atom. The maximum atomic E-state index is 11.9. The third kappa shape index (κ3) is 4.86. The van der Waals surface area contributed by atoms with Gasteiger partial charge in [0.15, 0.2) is 0 Å². The Morgan fingerprint density at radius 2 is 1.48 bits per heavy atom. The lowest BCUT2D eigenvalue weighted by Crippen LogP contribution is -2.58. The predicted octanol–water partition coefficient (Wildman–Crippen LogP) is 3.84. The molecule has 0 saturated carbocycles. The van der Waals surface area contributed by atoms with Crippen molar-refractivity contribution in [1.82, 2.24) is 4.90 Å². The first-order valence-corrected chi connectivity index (χ1v) is 10.6. The van der Waals surface area contributed by atoms with Crippen molar-refractivity contribution in [2.24, 2.45) is 0 Å². The monoisotopic (exact) mass is 421 g/mol. The highest BCUT2D eigenvalue weighted by atomic mass is 16.8. The number of hydrogen-bond donors (Lipinski definition) is 0. The number of carbonyl (C=O) groups is 2. The molecule has 0 aliphatic carbocycles. The molecule has 31 heavy (non-hydrogen) atoms. The molecule has 4 rings (SSSR count). The molecule has 1 saturated heterocycles. The van der Waals surface area contributed by atoms with E-state index in [4.69, 9.17) is 14.2 Å². The first kappa shape index (κ1) is 21.3. The molecule has 1 fully saturated rings. The van der Waals surface area contributed by atoms with Crippen molar-refractivity contribution in [3.8, 4) is 11.1 Å². The van der Waals surface area contributed by atoms with E-state index in [2.05, 4.69) is 55.5 Å². The molecule has 2 aliphatic rings. The van der Waals surface area contributed by atoms with Crippen molar-refractivity contribution in [2.75, 3.05) is 13.6 Å². The van der Waals surface area contributed by atoms with E-state index in [0.717, 1.165) is 36.1 Å². The largest absolute Gasteiger partial charge is 0.405 e. The number of hydrogen-bond acceptors (Lipinski definition) is 6. The Morgan fingerprint density at radius 3 is 2.03 bits per heavy atom. The molecule has 2 aromatic carbocycles. The zero-order valence-corrected chi connectivity index (χ0v) is 17.9. The van der Waals surface area contributed by atoms with E-state index in [0.29, 0.717) is 13.2 Å². The second-order valence-corrected chi connectivity index (χ2v) is 7.98. The zero-order chi connectivity index (χ0) is 21.8. The summed E-state index contributed by atoms with van der Waals surface area (Å²) in [5, 5.41) is 0. The minimum atomic E-state index is -1.42. The van der Waals surface area contributed by atoms with Gasteiger partial charge in [0, 0.05) is 18.7 Å². The van der Waals surface area contributed by atoms with Crippen molar-refractivity contribution in [3.63, 3.8) is 0 Å². The molecule has 0 N–H and O–H groups in total. The molecule has 0 aromatic heterocycles. The van der Waals surface area contributed by atoms with Crippen molar-refractivity contribution in [2.45, 2.75) is 44.8 Å². The molecule has 2 aliphatic heterocycles. The fourth-order valence-electron chi connectivity index (χ4n) is 3.91. The maximum Gasteiger partial charge on any atom is 0.335 e. The highest BCUT2D eigenvalue weighted by Crippen LogP contribution is 2.33. The van der Waals surface area contributed by atoms with Gasteiger partial charge in [0.05, 0.1) is 19.1 Å². The topological polar surface area (TPSA) is 65.1 Å². The number of aryl methyl sites for hydroxylation is 1. The molecule has 2 aromatic rings. The molecular formula is C25H27NO5. The summed E-state index contributed by atoms with van der Waals surface area (Å²) in [5.41, 5.74) is 4.73. The van der Waals surface area contributed by atoms with E-state index in [1.165, 1.54) is 11.1 Å². The van der Waals surface area contributed by atoms with E-state index in [9.17, 15) is 9.59 Å². The molecular weight excluding hydrogens is 394 g/mol. The van der Waals surface area contributed by atoms with Gasteiger partial charge in [0.2, 0.25) is 0 Å². The van der Waals surface area contributed by atoms with Gasteiger partial charge < -0.3 is 14.2 Å². The Balaban J connectivity index is 1.38.